The normalized spacial score (nSPS) is 37.1. The Kier molecular flexibility index (Phi) is 14.5. The molecule has 1 aromatic carbocycles. The van der Waals surface area contributed by atoms with Gasteiger partial charge in [-0.1, -0.05) is 34.6 Å². The Morgan fingerprint density at radius 2 is 1.72 bits per heavy atom. The van der Waals surface area contributed by atoms with E-state index in [1.165, 1.54) is 31.1 Å². The zero-order valence-corrected chi connectivity index (χ0v) is 36.5. The number of cyclic esters (lactones) is 1. The third-order valence-electron chi connectivity index (χ3n) is 13.0. The first-order chi connectivity index (χ1) is 28.1. The summed E-state index contributed by atoms with van der Waals surface area (Å²) in [5.41, 5.74) is -5.49. The summed E-state index contributed by atoms with van der Waals surface area (Å²) in [5.74, 6) is -5.95. The number of unbranched alkanes of at least 4 members (excludes halogenated alkanes) is 1. The summed E-state index contributed by atoms with van der Waals surface area (Å²) in [6.07, 6.45) is -2.71. The number of aryl methyl sites for hydroxylation is 1. The highest BCUT2D eigenvalue weighted by Crippen LogP contribution is 2.43. The van der Waals surface area contributed by atoms with Crippen LogP contribution in [-0.4, -0.2) is 123 Å². The van der Waals surface area contributed by atoms with E-state index in [0.29, 0.717) is 32.4 Å². The monoisotopic (exact) mass is 846 g/mol. The number of hydrogen-bond donors (Lipinski definition) is 2. The van der Waals surface area contributed by atoms with Gasteiger partial charge in [0.1, 0.15) is 18.0 Å². The lowest BCUT2D eigenvalue weighted by Crippen LogP contribution is -2.62. The van der Waals surface area contributed by atoms with Crippen molar-refractivity contribution in [2.75, 3.05) is 20.2 Å². The number of alkyl halides is 1. The van der Waals surface area contributed by atoms with Gasteiger partial charge in [0.15, 0.2) is 17.7 Å². The number of amides is 1. The van der Waals surface area contributed by atoms with Crippen molar-refractivity contribution in [2.24, 2.45) is 17.8 Å². The van der Waals surface area contributed by atoms with Crippen molar-refractivity contribution in [3.63, 3.8) is 0 Å². The van der Waals surface area contributed by atoms with Crippen LogP contribution in [0.1, 0.15) is 94.4 Å². The minimum atomic E-state index is -3.20. The van der Waals surface area contributed by atoms with Crippen LogP contribution >= 0.6 is 0 Å². The summed E-state index contributed by atoms with van der Waals surface area (Å²) in [6, 6.07) is 5.07. The Hall–Kier alpha value is -4.03. The lowest BCUT2D eigenvalue weighted by molar-refractivity contribution is -0.384. The zero-order valence-electron chi connectivity index (χ0n) is 36.5. The van der Waals surface area contributed by atoms with E-state index < -0.39 is 94.1 Å². The number of ether oxygens (including phenoxy) is 5. The Balaban J connectivity index is 1.47. The third-order valence-corrected chi connectivity index (χ3v) is 13.0. The highest BCUT2D eigenvalue weighted by atomic mass is 19.1. The summed E-state index contributed by atoms with van der Waals surface area (Å²) in [5, 5.41) is 26.6. The number of benzene rings is 1. The lowest BCUT2D eigenvalue weighted by atomic mass is 9.73. The van der Waals surface area contributed by atoms with Gasteiger partial charge in [-0.3, -0.25) is 19.7 Å². The fourth-order valence-electron chi connectivity index (χ4n) is 9.75. The van der Waals surface area contributed by atoms with Crippen LogP contribution in [0.15, 0.2) is 30.5 Å². The van der Waals surface area contributed by atoms with Gasteiger partial charge in [-0.25, -0.2) is 14.0 Å². The number of carbonyl (C=O) groups is 4. The number of Topliss-reactive ketones (excluding diaryl/α,β-unsaturated/α-hetero) is 2. The van der Waals surface area contributed by atoms with Crippen LogP contribution in [0.3, 0.4) is 0 Å². The second-order valence-electron chi connectivity index (χ2n) is 17.4. The maximum absolute atomic E-state index is 16.9. The molecule has 3 aliphatic heterocycles. The van der Waals surface area contributed by atoms with E-state index in [4.69, 9.17) is 23.7 Å². The van der Waals surface area contributed by atoms with Crippen molar-refractivity contribution >= 4 is 40.2 Å². The number of methoxy groups -OCH3 is 1. The molecule has 5 rings (SSSR count). The van der Waals surface area contributed by atoms with Crippen LogP contribution in [0.25, 0.3) is 10.9 Å². The smallest absolute Gasteiger partial charge is 0.410 e. The van der Waals surface area contributed by atoms with E-state index >= 15 is 4.39 Å². The number of esters is 1. The van der Waals surface area contributed by atoms with Crippen LogP contribution in [0, 0.1) is 27.9 Å². The van der Waals surface area contributed by atoms with E-state index in [0.717, 1.165) is 17.8 Å². The number of aromatic nitrogens is 1. The van der Waals surface area contributed by atoms with Crippen LogP contribution in [0.2, 0.25) is 0 Å². The second-order valence-corrected chi connectivity index (χ2v) is 17.4. The number of nitrogens with one attached hydrogen (secondary N) is 1. The third kappa shape index (κ3) is 9.10. The fourth-order valence-corrected chi connectivity index (χ4v) is 9.75. The molecule has 4 heterocycles. The minimum Gasteiger partial charge on any atom is -0.455 e. The second kappa shape index (κ2) is 18.5. The molecule has 0 radical (unpaired) electrons. The molecule has 2 N–H and O–H groups in total. The lowest BCUT2D eigenvalue weighted by Gasteiger charge is -2.46. The van der Waals surface area contributed by atoms with E-state index in [1.807, 2.05) is 24.6 Å². The minimum absolute atomic E-state index is 0.00721. The molecule has 0 spiro atoms. The molecule has 16 nitrogen and oxygen atoms in total. The van der Waals surface area contributed by atoms with Crippen LogP contribution in [-0.2, 0) is 44.6 Å². The molecule has 17 heteroatoms. The topological polar surface area (TPSA) is 198 Å². The van der Waals surface area contributed by atoms with Crippen molar-refractivity contribution in [3.8, 4) is 0 Å². The molecule has 0 saturated carbocycles. The molecule has 3 aliphatic rings. The molecule has 0 aliphatic carbocycles. The van der Waals surface area contributed by atoms with E-state index in [1.54, 1.807) is 46.8 Å². The van der Waals surface area contributed by atoms with Crippen LogP contribution in [0.4, 0.5) is 14.9 Å². The number of hydrogen-bond acceptors (Lipinski definition) is 13. The molecule has 334 valence electrons. The number of halogens is 1. The molecular weight excluding hydrogens is 783 g/mol. The molecule has 2 aromatic rings. The van der Waals surface area contributed by atoms with E-state index in [9.17, 15) is 34.4 Å². The number of nitro groups is 1. The van der Waals surface area contributed by atoms with E-state index in [-0.39, 0.29) is 37.0 Å². The highest BCUT2D eigenvalue weighted by Gasteiger charge is 2.61. The van der Waals surface area contributed by atoms with Crippen molar-refractivity contribution in [2.45, 2.75) is 161 Å². The van der Waals surface area contributed by atoms with Gasteiger partial charge in [0.05, 0.1) is 28.8 Å². The maximum Gasteiger partial charge on any atom is 0.410 e. The average molecular weight is 847 g/mol. The number of fused-ring (bicyclic) bond motifs is 2. The van der Waals surface area contributed by atoms with Gasteiger partial charge in [-0.05, 0) is 78.5 Å². The largest absolute Gasteiger partial charge is 0.455 e. The van der Waals surface area contributed by atoms with E-state index in [2.05, 4.69) is 5.32 Å². The molecule has 0 bridgehead atoms. The Bertz CT molecular complexity index is 1910. The number of non-ortho nitro benzene ring substituents is 1. The number of rotatable bonds is 12. The van der Waals surface area contributed by atoms with Crippen molar-refractivity contribution < 1.29 is 57.3 Å². The predicted molar refractivity (Wildman–Crippen MR) is 218 cm³/mol. The molecule has 1 unspecified atom stereocenters. The molecular formula is C43H63FN4O12. The fraction of sp³-hybridized carbons (Fsp3) is 0.721. The first-order valence-corrected chi connectivity index (χ1v) is 21.1. The number of aliphatic hydroxyl groups is 1. The van der Waals surface area contributed by atoms with Crippen LogP contribution < -0.4 is 5.32 Å². The van der Waals surface area contributed by atoms with Crippen molar-refractivity contribution in [1.82, 2.24) is 14.8 Å². The molecule has 3 saturated heterocycles. The zero-order chi connectivity index (χ0) is 44.5. The highest BCUT2D eigenvalue weighted by molar-refractivity contribution is 6.08. The van der Waals surface area contributed by atoms with Crippen molar-refractivity contribution in [3.05, 3.63) is 40.6 Å². The first kappa shape index (κ1) is 47.0. The summed E-state index contributed by atoms with van der Waals surface area (Å²) >= 11 is 0. The molecule has 13 atom stereocenters. The number of ketones is 2. The predicted octanol–water partition coefficient (Wildman–Crippen LogP) is 5.67. The summed E-state index contributed by atoms with van der Waals surface area (Å²) in [6.45, 7) is 15.5. The van der Waals surface area contributed by atoms with Crippen molar-refractivity contribution in [1.29, 1.82) is 0 Å². The molecule has 1 aromatic heterocycles. The maximum atomic E-state index is 16.9. The van der Waals surface area contributed by atoms with Gasteiger partial charge < -0.3 is 43.6 Å². The van der Waals surface area contributed by atoms with Gasteiger partial charge in [0.25, 0.3) is 11.4 Å². The number of aliphatic hydroxyl groups excluding tert-OH is 1. The standard InChI is InChI=1S/C43H63FN4O12/c1-11-32-43(9)35(47(40(53)60-43)19-14-13-18-46-20-17-28-22-29(48(54)55)15-16-31(28)46)26(5)33(49)24(3)23-41(7,56-10)37(27(6)36(51)42(8,44)39(52)58-32)59-38-34(50)30(45-12-2)21-25(4)57-38/h15-17,20,22,24-27,30,32,34-35,37-38,45,50H,11-14,18-19,21,23H2,1-10H3/t24-,25-,26+,27-,30+,32-,34+,35?,37-,38+,41-,42+,43-/m1/s1. The first-order valence-electron chi connectivity index (χ1n) is 21.1. The van der Waals surface area contributed by atoms with Gasteiger partial charge in [0, 0.05) is 73.2 Å². The molecule has 3 fully saturated rings. The number of nitrogens with zero attached hydrogens (tertiary/aromatic N) is 3. The molecule has 1 amide bonds. The number of nitro benzene ring substituents is 1. The SMILES string of the molecule is CCN[C@H]1C[C@@H](C)O[C@@H](O[C@@H]2[C@H](C)C(=O)[C@](C)(F)C(=O)O[C@H](CC)[C@@]3(C)OC(=O)N(CCCCn4ccc5cc([N+](=O)[O-])ccc54)C3[C@@H](C)C(=O)[C@H](C)C[C@@]2(C)OC)[C@H]1O. The quantitative estimate of drug-likeness (QED) is 0.0872. The molecule has 60 heavy (non-hydrogen) atoms. The van der Waals surface area contributed by atoms with Gasteiger partial charge in [0.2, 0.25) is 0 Å². The number of likely N-dealkylation sites (N-methyl/N-ethyl adjacent to an activating group) is 1. The Morgan fingerprint density at radius 3 is 2.35 bits per heavy atom. The number of carbonyl (C=O) groups excluding carboxylic acids is 4. The average Bonchev–Trinajstić information content (AvgIpc) is 3.73. The summed E-state index contributed by atoms with van der Waals surface area (Å²) < 4.78 is 49.3. The van der Waals surface area contributed by atoms with Gasteiger partial charge >= 0.3 is 12.1 Å². The van der Waals surface area contributed by atoms with Crippen LogP contribution in [0.5, 0.6) is 0 Å². The van der Waals surface area contributed by atoms with Gasteiger partial charge in [-0.15, -0.1) is 0 Å². The van der Waals surface area contributed by atoms with Gasteiger partial charge in [-0.2, -0.15) is 0 Å². The Labute approximate surface area is 350 Å². The summed E-state index contributed by atoms with van der Waals surface area (Å²) in [4.78, 5) is 69.0. The summed E-state index contributed by atoms with van der Waals surface area (Å²) in [7, 11) is 1.39. The Morgan fingerprint density at radius 1 is 1.03 bits per heavy atom.